The Morgan fingerprint density at radius 2 is 1.52 bits per heavy atom. The molecule has 5 heteroatoms. The van der Waals surface area contributed by atoms with Crippen LogP contribution in [0.1, 0.15) is 11.4 Å². The summed E-state index contributed by atoms with van der Waals surface area (Å²) < 4.78 is 0. The van der Waals surface area contributed by atoms with Gasteiger partial charge in [-0.1, -0.05) is 66.7 Å². The summed E-state index contributed by atoms with van der Waals surface area (Å²) in [5.41, 5.74) is 4.25. The Hall–Kier alpha value is -4.25. The number of hydrogen-bond donors (Lipinski definition) is 0. The van der Waals surface area contributed by atoms with Crippen LogP contribution in [0.25, 0.3) is 22.2 Å². The molecule has 0 aliphatic carbocycles. The fourth-order valence-corrected chi connectivity index (χ4v) is 4.29. The number of nitrogens with zero attached hydrogens (tertiary/aromatic N) is 5. The van der Waals surface area contributed by atoms with Crippen molar-refractivity contribution in [3.05, 3.63) is 121 Å². The van der Waals surface area contributed by atoms with Crippen LogP contribution >= 0.6 is 0 Å². The first-order valence-electron chi connectivity index (χ1n) is 10.3. The summed E-state index contributed by atoms with van der Waals surface area (Å²) in [5, 5.41) is 2.43. The highest BCUT2D eigenvalue weighted by Gasteiger charge is 2.37. The number of rotatable bonds is 3. The van der Waals surface area contributed by atoms with Crippen molar-refractivity contribution in [2.75, 3.05) is 11.4 Å². The largest absolute Gasteiger partial charge is 0.321 e. The molecule has 0 fully saturated rings. The highest BCUT2D eigenvalue weighted by Crippen LogP contribution is 2.45. The van der Waals surface area contributed by atoms with Gasteiger partial charge in [-0.3, -0.25) is 4.90 Å². The molecule has 0 amide bonds. The van der Waals surface area contributed by atoms with Gasteiger partial charge in [-0.25, -0.2) is 15.0 Å². The molecular formula is C26H19N5. The molecule has 2 aliphatic rings. The van der Waals surface area contributed by atoms with E-state index < -0.39 is 0 Å². The first-order chi connectivity index (χ1) is 15.4. The number of benzene rings is 3. The number of aromatic nitrogens is 3. The average Bonchev–Trinajstić information content (AvgIpc) is 3.20. The Balaban J connectivity index is 1.65. The highest BCUT2D eigenvalue weighted by atomic mass is 15.4. The Labute approximate surface area is 180 Å². The summed E-state index contributed by atoms with van der Waals surface area (Å²) in [7, 11) is 0. The van der Waals surface area contributed by atoms with Gasteiger partial charge in [0.2, 0.25) is 0 Å². The fourth-order valence-electron chi connectivity index (χ4n) is 4.29. The van der Waals surface area contributed by atoms with Crippen LogP contribution in [0.15, 0.2) is 110 Å². The maximum atomic E-state index is 4.54. The quantitative estimate of drug-likeness (QED) is 0.479. The summed E-state index contributed by atoms with van der Waals surface area (Å²) in [4.78, 5) is 17.7. The molecule has 1 aromatic heterocycles. The smallest absolute Gasteiger partial charge is 0.181 e. The van der Waals surface area contributed by atoms with E-state index in [1.54, 1.807) is 12.7 Å². The van der Waals surface area contributed by atoms with Crippen molar-refractivity contribution in [3.8, 4) is 0 Å². The molecule has 0 atom stereocenters. The maximum absolute atomic E-state index is 4.54. The number of fused-ring (bicyclic) bond motifs is 2. The van der Waals surface area contributed by atoms with Crippen LogP contribution in [-0.4, -0.2) is 26.4 Å². The third kappa shape index (κ3) is 2.90. The van der Waals surface area contributed by atoms with Gasteiger partial charge in [0, 0.05) is 17.8 Å². The van der Waals surface area contributed by atoms with Gasteiger partial charge >= 0.3 is 0 Å². The van der Waals surface area contributed by atoms with E-state index in [9.17, 15) is 0 Å². The molecule has 2 aliphatic heterocycles. The number of allylic oxidation sites excluding steroid dienone is 2. The number of hydrogen-bond acceptors (Lipinski definition) is 5. The van der Waals surface area contributed by atoms with Crippen molar-refractivity contribution in [3.63, 3.8) is 0 Å². The zero-order valence-corrected chi connectivity index (χ0v) is 16.8. The monoisotopic (exact) mass is 401 g/mol. The molecule has 3 aromatic carbocycles. The molecule has 5 nitrogen and oxygen atoms in total. The van der Waals surface area contributed by atoms with Crippen molar-refractivity contribution >= 4 is 27.9 Å². The van der Waals surface area contributed by atoms with Gasteiger partial charge in [0.1, 0.15) is 24.2 Å². The molecule has 0 saturated heterocycles. The van der Waals surface area contributed by atoms with E-state index in [-0.39, 0.29) is 0 Å². The first-order valence-corrected chi connectivity index (χ1v) is 10.3. The van der Waals surface area contributed by atoms with E-state index in [0.29, 0.717) is 5.82 Å². The van der Waals surface area contributed by atoms with Crippen LogP contribution < -0.4 is 4.90 Å². The predicted octanol–water partition coefficient (Wildman–Crippen LogP) is 5.08. The summed E-state index contributed by atoms with van der Waals surface area (Å²) in [6, 6.07) is 25.4. The lowest BCUT2D eigenvalue weighted by molar-refractivity contribution is 0.546. The molecule has 3 heterocycles. The number of anilines is 1. The van der Waals surface area contributed by atoms with Crippen LogP contribution in [0, 0.1) is 0 Å². The third-order valence-corrected chi connectivity index (χ3v) is 5.64. The highest BCUT2D eigenvalue weighted by molar-refractivity contribution is 6.02. The van der Waals surface area contributed by atoms with Crippen LogP contribution in [0.2, 0.25) is 0 Å². The molecule has 31 heavy (non-hydrogen) atoms. The zero-order valence-electron chi connectivity index (χ0n) is 16.8. The minimum Gasteiger partial charge on any atom is -0.321 e. The van der Waals surface area contributed by atoms with E-state index in [4.69, 9.17) is 0 Å². The van der Waals surface area contributed by atoms with Gasteiger partial charge in [0.25, 0.3) is 0 Å². The van der Waals surface area contributed by atoms with Gasteiger partial charge in [0.15, 0.2) is 5.82 Å². The van der Waals surface area contributed by atoms with E-state index >= 15 is 0 Å². The lowest BCUT2D eigenvalue weighted by atomic mass is 10.0. The lowest BCUT2D eigenvalue weighted by Crippen LogP contribution is -2.26. The molecular weight excluding hydrogens is 382 g/mol. The molecule has 148 valence electrons. The minimum atomic E-state index is 0.650. The van der Waals surface area contributed by atoms with Crippen LogP contribution in [0.3, 0.4) is 0 Å². The standard InChI is InChI=1S/C26H19N5/c1-2-10-22(11-3-1)31-23-12-6-7-15-30(23)24(25(31)26-28-17-27-18-29-26)21-14-13-19-8-4-5-9-20(19)16-21/h1-14,16-18H,15H2. The van der Waals surface area contributed by atoms with Crippen LogP contribution in [-0.2, 0) is 0 Å². The molecule has 4 aromatic rings. The predicted molar refractivity (Wildman–Crippen MR) is 123 cm³/mol. The van der Waals surface area contributed by atoms with E-state index in [1.807, 2.05) is 6.07 Å². The van der Waals surface area contributed by atoms with Gasteiger partial charge in [-0.05, 0) is 35.0 Å². The summed E-state index contributed by atoms with van der Waals surface area (Å²) in [6.45, 7) is 0.784. The van der Waals surface area contributed by atoms with Crippen molar-refractivity contribution in [2.45, 2.75) is 0 Å². The Morgan fingerprint density at radius 1 is 0.742 bits per heavy atom. The van der Waals surface area contributed by atoms with Crippen molar-refractivity contribution < 1.29 is 0 Å². The molecule has 0 bridgehead atoms. The maximum Gasteiger partial charge on any atom is 0.181 e. The SMILES string of the molecule is C1=CCN2C(=C1)N(c1ccccc1)C(c1ncncn1)=C2c1ccc2ccccc2c1. The zero-order chi connectivity index (χ0) is 20.6. The first kappa shape index (κ1) is 17.6. The summed E-state index contributed by atoms with van der Waals surface area (Å²) in [6.07, 6.45) is 9.53. The van der Waals surface area contributed by atoms with Crippen LogP contribution in [0.5, 0.6) is 0 Å². The molecule has 0 spiro atoms. The minimum absolute atomic E-state index is 0.650. The molecule has 0 unspecified atom stereocenters. The van der Waals surface area contributed by atoms with Gasteiger partial charge in [-0.2, -0.15) is 0 Å². The Kier molecular flexibility index (Phi) is 4.10. The Bertz CT molecular complexity index is 1360. The topological polar surface area (TPSA) is 45.2 Å². The van der Waals surface area contributed by atoms with E-state index in [2.05, 4.69) is 110 Å². The van der Waals surface area contributed by atoms with Gasteiger partial charge in [0.05, 0.1) is 5.70 Å². The van der Waals surface area contributed by atoms with Crippen molar-refractivity contribution in [2.24, 2.45) is 0 Å². The van der Waals surface area contributed by atoms with Gasteiger partial charge in [-0.15, -0.1) is 0 Å². The van der Waals surface area contributed by atoms with Crippen molar-refractivity contribution in [1.82, 2.24) is 19.9 Å². The number of para-hydroxylation sites is 1. The van der Waals surface area contributed by atoms with Gasteiger partial charge < -0.3 is 4.90 Å². The third-order valence-electron chi connectivity index (χ3n) is 5.64. The van der Waals surface area contributed by atoms with Crippen LogP contribution in [0.4, 0.5) is 5.69 Å². The normalized spacial score (nSPS) is 15.4. The second-order valence-electron chi connectivity index (χ2n) is 7.46. The molecule has 0 N–H and O–H groups in total. The molecule has 0 saturated carbocycles. The van der Waals surface area contributed by atoms with E-state index in [0.717, 1.165) is 35.0 Å². The second-order valence-corrected chi connectivity index (χ2v) is 7.46. The Morgan fingerprint density at radius 3 is 2.35 bits per heavy atom. The molecule has 6 rings (SSSR count). The van der Waals surface area contributed by atoms with E-state index in [1.165, 1.54) is 10.8 Å². The second kappa shape index (κ2) is 7.22. The summed E-state index contributed by atoms with van der Waals surface area (Å²) >= 11 is 0. The summed E-state index contributed by atoms with van der Waals surface area (Å²) in [5.74, 6) is 1.74. The van der Waals surface area contributed by atoms with Crippen molar-refractivity contribution in [1.29, 1.82) is 0 Å². The molecule has 0 radical (unpaired) electrons. The fraction of sp³-hybridized carbons (Fsp3) is 0.0385. The lowest BCUT2D eigenvalue weighted by Gasteiger charge is -2.28. The average molecular weight is 401 g/mol.